The molecule has 72 valence electrons. The van der Waals surface area contributed by atoms with Crippen LogP contribution in [0.5, 0.6) is 0 Å². The summed E-state index contributed by atoms with van der Waals surface area (Å²) >= 11 is 8.32. The van der Waals surface area contributed by atoms with Crippen LogP contribution in [0.1, 0.15) is 5.56 Å². The van der Waals surface area contributed by atoms with E-state index in [-0.39, 0.29) is 0 Å². The van der Waals surface area contributed by atoms with Crippen molar-refractivity contribution in [2.75, 3.05) is 0 Å². The summed E-state index contributed by atoms with van der Waals surface area (Å²) in [6.45, 7) is 2.06. The molecule has 14 heavy (non-hydrogen) atoms. The molecule has 1 heterocycles. The molecular weight excluding hydrogens is 328 g/mol. The summed E-state index contributed by atoms with van der Waals surface area (Å²) < 4.78 is 1.91. The second-order valence-corrected chi connectivity index (χ2v) is 5.93. The molecule has 0 aliphatic carbocycles. The zero-order chi connectivity index (χ0) is 10.1. The molecule has 0 bridgehead atoms. The molecule has 2 nitrogen and oxygen atoms in total. The minimum Gasteiger partial charge on any atom is -0.137 e. The van der Waals surface area contributed by atoms with Gasteiger partial charge in [0.25, 0.3) is 0 Å². The van der Waals surface area contributed by atoms with Gasteiger partial charge in [0.1, 0.15) is 5.01 Å². The van der Waals surface area contributed by atoms with Gasteiger partial charge in [-0.15, -0.1) is 10.2 Å². The topological polar surface area (TPSA) is 25.8 Å². The lowest BCUT2D eigenvalue weighted by atomic mass is 10.2. The molecule has 0 spiro atoms. The van der Waals surface area contributed by atoms with Crippen molar-refractivity contribution in [1.82, 2.24) is 10.2 Å². The highest BCUT2D eigenvalue weighted by molar-refractivity contribution is 9.11. The van der Waals surface area contributed by atoms with E-state index >= 15 is 0 Å². The third-order valence-electron chi connectivity index (χ3n) is 1.82. The highest BCUT2D eigenvalue weighted by Crippen LogP contribution is 2.29. The van der Waals surface area contributed by atoms with Crippen molar-refractivity contribution in [3.8, 4) is 10.6 Å². The van der Waals surface area contributed by atoms with Gasteiger partial charge in [-0.05, 0) is 34.5 Å². The highest BCUT2D eigenvalue weighted by Gasteiger charge is 2.05. The van der Waals surface area contributed by atoms with Gasteiger partial charge in [-0.25, -0.2) is 0 Å². The maximum atomic E-state index is 4.06. The predicted octanol–water partition coefficient (Wildman–Crippen LogP) is 4.04. The lowest BCUT2D eigenvalue weighted by Crippen LogP contribution is -1.79. The van der Waals surface area contributed by atoms with Gasteiger partial charge in [-0.3, -0.25) is 0 Å². The van der Waals surface area contributed by atoms with Crippen molar-refractivity contribution < 1.29 is 0 Å². The van der Waals surface area contributed by atoms with Crippen molar-refractivity contribution in [3.63, 3.8) is 0 Å². The van der Waals surface area contributed by atoms with Crippen LogP contribution in [0.25, 0.3) is 10.6 Å². The van der Waals surface area contributed by atoms with Crippen LogP contribution in [0, 0.1) is 6.92 Å². The number of hydrogen-bond donors (Lipinski definition) is 0. The zero-order valence-corrected chi connectivity index (χ0v) is 11.3. The van der Waals surface area contributed by atoms with E-state index in [9.17, 15) is 0 Å². The van der Waals surface area contributed by atoms with E-state index < -0.39 is 0 Å². The summed E-state index contributed by atoms with van der Waals surface area (Å²) in [5.74, 6) is 0. The van der Waals surface area contributed by atoms with E-state index in [1.54, 1.807) is 0 Å². The molecular formula is C9H6Br2N2S. The number of nitrogens with zero attached hydrogens (tertiary/aromatic N) is 2. The van der Waals surface area contributed by atoms with Crippen molar-refractivity contribution in [2.45, 2.75) is 6.92 Å². The van der Waals surface area contributed by atoms with Gasteiger partial charge in [0.05, 0.1) is 0 Å². The highest BCUT2D eigenvalue weighted by atomic mass is 79.9. The Bertz CT molecular complexity index is 468. The first-order chi connectivity index (χ1) is 6.66. The molecule has 1 aromatic heterocycles. The Morgan fingerprint density at radius 2 is 2.00 bits per heavy atom. The number of benzene rings is 1. The van der Waals surface area contributed by atoms with Gasteiger partial charge in [-0.1, -0.05) is 39.4 Å². The Labute approximate surface area is 103 Å². The fourth-order valence-corrected chi connectivity index (χ4v) is 2.53. The van der Waals surface area contributed by atoms with Crippen LogP contribution in [-0.2, 0) is 0 Å². The molecule has 0 aliphatic heterocycles. The molecule has 5 heteroatoms. The summed E-state index contributed by atoms with van der Waals surface area (Å²) in [6.07, 6.45) is 0. The average molecular weight is 334 g/mol. The number of aromatic nitrogens is 2. The minimum atomic E-state index is 0.809. The van der Waals surface area contributed by atoms with Gasteiger partial charge < -0.3 is 0 Å². The SMILES string of the molecule is Cc1ccc(-c2nnc(Br)s2)cc1Br. The maximum absolute atomic E-state index is 4.06. The molecule has 0 aliphatic rings. The molecule has 0 unspecified atom stereocenters. The van der Waals surface area contributed by atoms with E-state index in [1.165, 1.54) is 16.9 Å². The second-order valence-electron chi connectivity index (χ2n) is 2.82. The van der Waals surface area contributed by atoms with Crippen LogP contribution in [0.4, 0.5) is 0 Å². The van der Waals surface area contributed by atoms with Crippen molar-refractivity contribution in [1.29, 1.82) is 0 Å². The lowest BCUT2D eigenvalue weighted by molar-refractivity contribution is 1.07. The Morgan fingerprint density at radius 3 is 2.57 bits per heavy atom. The molecule has 0 radical (unpaired) electrons. The molecule has 0 saturated heterocycles. The van der Waals surface area contributed by atoms with Crippen LogP contribution in [0.15, 0.2) is 26.6 Å². The number of halogens is 2. The van der Waals surface area contributed by atoms with Crippen molar-refractivity contribution in [2.24, 2.45) is 0 Å². The van der Waals surface area contributed by atoms with E-state index in [0.717, 1.165) is 19.0 Å². The molecule has 0 saturated carbocycles. The van der Waals surface area contributed by atoms with Crippen molar-refractivity contribution >= 4 is 43.2 Å². The molecule has 0 fully saturated rings. The minimum absolute atomic E-state index is 0.809. The summed E-state index contributed by atoms with van der Waals surface area (Å²) in [6, 6.07) is 6.17. The molecule has 0 atom stereocenters. The second kappa shape index (κ2) is 4.08. The van der Waals surface area contributed by atoms with Crippen LogP contribution < -0.4 is 0 Å². The van der Waals surface area contributed by atoms with Crippen LogP contribution in [-0.4, -0.2) is 10.2 Å². The normalized spacial score (nSPS) is 10.5. The third kappa shape index (κ3) is 2.04. The summed E-state index contributed by atoms with van der Waals surface area (Å²) in [4.78, 5) is 0. The fourth-order valence-electron chi connectivity index (χ4n) is 1.05. The molecule has 2 rings (SSSR count). The first-order valence-corrected chi connectivity index (χ1v) is 6.32. The molecule has 2 aromatic rings. The Balaban J connectivity index is 2.47. The Kier molecular flexibility index (Phi) is 2.99. The molecule has 1 aromatic carbocycles. The van der Waals surface area contributed by atoms with E-state index in [4.69, 9.17) is 0 Å². The first kappa shape index (κ1) is 10.3. The van der Waals surface area contributed by atoms with Crippen LogP contribution in [0.2, 0.25) is 0 Å². The van der Waals surface area contributed by atoms with E-state index in [2.05, 4.69) is 61.1 Å². The van der Waals surface area contributed by atoms with Crippen LogP contribution >= 0.6 is 43.2 Å². The number of hydrogen-bond acceptors (Lipinski definition) is 3. The smallest absolute Gasteiger partial charge is 0.137 e. The third-order valence-corrected chi connectivity index (χ3v) is 4.08. The standard InChI is InChI=1S/C9H6Br2N2S/c1-5-2-3-6(4-7(5)10)8-12-13-9(11)14-8/h2-4H,1H3. The average Bonchev–Trinajstić information content (AvgIpc) is 2.57. The fraction of sp³-hybridized carbons (Fsp3) is 0.111. The Morgan fingerprint density at radius 1 is 1.21 bits per heavy atom. The largest absolute Gasteiger partial charge is 0.183 e. The van der Waals surface area contributed by atoms with E-state index in [0.29, 0.717) is 0 Å². The number of aryl methyl sites for hydroxylation is 1. The lowest BCUT2D eigenvalue weighted by Gasteiger charge is -1.99. The first-order valence-electron chi connectivity index (χ1n) is 3.92. The van der Waals surface area contributed by atoms with Gasteiger partial charge in [0, 0.05) is 10.0 Å². The summed E-state index contributed by atoms with van der Waals surface area (Å²) in [7, 11) is 0. The zero-order valence-electron chi connectivity index (χ0n) is 7.29. The Hall–Kier alpha value is -0.260. The van der Waals surface area contributed by atoms with E-state index in [1.807, 2.05) is 6.07 Å². The summed E-state index contributed by atoms with van der Waals surface area (Å²) in [5.41, 5.74) is 2.31. The maximum Gasteiger partial charge on any atom is 0.183 e. The van der Waals surface area contributed by atoms with Gasteiger partial charge in [0.15, 0.2) is 3.92 Å². The van der Waals surface area contributed by atoms with Crippen LogP contribution in [0.3, 0.4) is 0 Å². The van der Waals surface area contributed by atoms with Crippen molar-refractivity contribution in [3.05, 3.63) is 32.2 Å². The predicted molar refractivity (Wildman–Crippen MR) is 65.5 cm³/mol. The molecule has 0 N–H and O–H groups in total. The summed E-state index contributed by atoms with van der Waals surface area (Å²) in [5, 5.41) is 8.90. The van der Waals surface area contributed by atoms with Gasteiger partial charge in [0.2, 0.25) is 0 Å². The quantitative estimate of drug-likeness (QED) is 0.787. The number of rotatable bonds is 1. The molecule has 0 amide bonds. The van der Waals surface area contributed by atoms with Gasteiger partial charge in [-0.2, -0.15) is 0 Å². The van der Waals surface area contributed by atoms with Gasteiger partial charge >= 0.3 is 0 Å². The monoisotopic (exact) mass is 332 g/mol.